The van der Waals surface area contributed by atoms with Crippen LogP contribution in [-0.4, -0.2) is 45.6 Å². The van der Waals surface area contributed by atoms with Gasteiger partial charge in [0.15, 0.2) is 0 Å². The van der Waals surface area contributed by atoms with Crippen LogP contribution in [0.15, 0.2) is 72.8 Å². The summed E-state index contributed by atoms with van der Waals surface area (Å²) in [6.07, 6.45) is -0.544. The fraction of sp³-hybridized carbons (Fsp3) is 0.364. The Bertz CT molecular complexity index is 1340. The van der Waals surface area contributed by atoms with Crippen molar-refractivity contribution in [2.75, 3.05) is 5.32 Å². The summed E-state index contributed by atoms with van der Waals surface area (Å²) in [6, 6.07) is 18.8. The molecule has 0 aromatic heterocycles. The van der Waals surface area contributed by atoms with E-state index in [1.807, 2.05) is 76.2 Å². The van der Waals surface area contributed by atoms with E-state index >= 15 is 0 Å². The number of carbonyl (C=O) groups is 3. The number of carbonyl (C=O) groups excluding carboxylic acids is 3. The van der Waals surface area contributed by atoms with Crippen molar-refractivity contribution in [2.24, 2.45) is 0 Å². The zero-order valence-electron chi connectivity index (χ0n) is 24.9. The van der Waals surface area contributed by atoms with Crippen molar-refractivity contribution < 1.29 is 24.2 Å². The fourth-order valence-corrected chi connectivity index (χ4v) is 4.70. The van der Waals surface area contributed by atoms with Crippen LogP contribution in [0.5, 0.6) is 5.75 Å². The van der Waals surface area contributed by atoms with Gasteiger partial charge in [0.25, 0.3) is 5.91 Å². The molecule has 0 heterocycles. The highest BCUT2D eigenvalue weighted by molar-refractivity contribution is 6.00. The minimum Gasteiger partial charge on any atom is -0.508 e. The van der Waals surface area contributed by atoms with Crippen LogP contribution in [0.2, 0.25) is 0 Å². The average molecular weight is 560 g/mol. The Kier molecular flexibility index (Phi) is 10.2. The standard InChI is InChI=1S/C33H41N3O5/c1-21(2)36(31(39)27(19-24-15-9-8-10-16-24)34-32(40)41-33(5,6)7)29(25-17-12-18-26(37)20-25)30(38)35-28-22(3)13-11-14-23(28)4/h8-18,20-21,27,29,37H,19H2,1-7H3,(H,34,40)(H,35,38). The van der Waals surface area contributed by atoms with E-state index < -0.39 is 41.6 Å². The predicted molar refractivity (Wildman–Crippen MR) is 161 cm³/mol. The lowest BCUT2D eigenvalue weighted by Gasteiger charge is -2.37. The molecule has 3 amide bonds. The molecule has 0 aliphatic heterocycles. The number of phenols is 1. The number of nitrogens with zero attached hydrogens (tertiary/aromatic N) is 1. The van der Waals surface area contributed by atoms with Crippen molar-refractivity contribution in [1.29, 1.82) is 0 Å². The van der Waals surface area contributed by atoms with Gasteiger partial charge in [0.05, 0.1) is 0 Å². The lowest BCUT2D eigenvalue weighted by molar-refractivity contribution is -0.142. The van der Waals surface area contributed by atoms with Gasteiger partial charge in [-0.25, -0.2) is 4.79 Å². The van der Waals surface area contributed by atoms with Crippen molar-refractivity contribution >= 4 is 23.6 Å². The third kappa shape index (κ3) is 8.58. The third-order valence-electron chi connectivity index (χ3n) is 6.52. The van der Waals surface area contributed by atoms with Gasteiger partial charge in [0.2, 0.25) is 5.91 Å². The van der Waals surface area contributed by atoms with Gasteiger partial charge in [0.1, 0.15) is 23.4 Å². The first-order valence-electron chi connectivity index (χ1n) is 13.8. The van der Waals surface area contributed by atoms with Gasteiger partial charge in [0, 0.05) is 18.2 Å². The van der Waals surface area contributed by atoms with E-state index in [4.69, 9.17) is 4.74 Å². The molecular weight excluding hydrogens is 518 g/mol. The minimum atomic E-state index is -1.10. The molecule has 218 valence electrons. The van der Waals surface area contributed by atoms with Gasteiger partial charge in [-0.05, 0) is 82.9 Å². The number of aromatic hydroxyl groups is 1. The van der Waals surface area contributed by atoms with Crippen LogP contribution in [0.1, 0.15) is 62.9 Å². The van der Waals surface area contributed by atoms with Gasteiger partial charge in [-0.2, -0.15) is 0 Å². The minimum absolute atomic E-state index is 0.0313. The number of anilines is 1. The van der Waals surface area contributed by atoms with E-state index in [1.54, 1.807) is 32.9 Å². The van der Waals surface area contributed by atoms with Crippen molar-refractivity contribution in [3.8, 4) is 5.75 Å². The van der Waals surface area contributed by atoms with Crippen molar-refractivity contribution in [3.63, 3.8) is 0 Å². The molecule has 41 heavy (non-hydrogen) atoms. The normalized spacial score (nSPS) is 12.8. The summed E-state index contributed by atoms with van der Waals surface area (Å²) in [6.45, 7) is 12.7. The second kappa shape index (κ2) is 13.4. The van der Waals surface area contributed by atoms with E-state index in [0.717, 1.165) is 16.7 Å². The highest BCUT2D eigenvalue weighted by Crippen LogP contribution is 2.30. The Balaban J connectivity index is 2.08. The Morgan fingerprint density at radius 1 is 0.902 bits per heavy atom. The number of ether oxygens (including phenoxy) is 1. The molecular formula is C33H41N3O5. The number of nitrogens with one attached hydrogen (secondary N) is 2. The second-order valence-electron chi connectivity index (χ2n) is 11.5. The van der Waals surface area contributed by atoms with Gasteiger partial charge in [-0.15, -0.1) is 0 Å². The van der Waals surface area contributed by atoms with E-state index in [9.17, 15) is 19.5 Å². The molecule has 0 fully saturated rings. The Labute approximate surface area is 242 Å². The average Bonchev–Trinajstić information content (AvgIpc) is 2.88. The number of para-hydroxylation sites is 1. The summed E-state index contributed by atoms with van der Waals surface area (Å²) in [5.74, 6) is -0.929. The molecule has 0 radical (unpaired) electrons. The number of alkyl carbamates (subject to hydrolysis) is 1. The van der Waals surface area contributed by atoms with Crippen LogP contribution in [0.4, 0.5) is 10.5 Å². The van der Waals surface area contributed by atoms with E-state index in [2.05, 4.69) is 10.6 Å². The molecule has 2 atom stereocenters. The molecule has 0 spiro atoms. The molecule has 8 heteroatoms. The van der Waals surface area contributed by atoms with Crippen molar-refractivity contribution in [2.45, 2.75) is 78.6 Å². The van der Waals surface area contributed by atoms with Gasteiger partial charge in [-0.3, -0.25) is 9.59 Å². The maximum Gasteiger partial charge on any atom is 0.408 e. The first-order chi connectivity index (χ1) is 19.3. The number of rotatable bonds is 9. The summed E-state index contributed by atoms with van der Waals surface area (Å²) < 4.78 is 5.48. The maximum absolute atomic E-state index is 14.4. The monoisotopic (exact) mass is 559 g/mol. The van der Waals surface area contributed by atoms with E-state index in [-0.39, 0.29) is 12.2 Å². The van der Waals surface area contributed by atoms with Crippen LogP contribution in [0.3, 0.4) is 0 Å². The molecule has 3 N–H and O–H groups in total. The smallest absolute Gasteiger partial charge is 0.408 e. The molecule has 3 rings (SSSR count). The first kappa shape index (κ1) is 31.2. The Hall–Kier alpha value is -4.33. The quantitative estimate of drug-likeness (QED) is 0.295. The van der Waals surface area contributed by atoms with E-state index in [0.29, 0.717) is 11.3 Å². The largest absolute Gasteiger partial charge is 0.508 e. The van der Waals surface area contributed by atoms with Crippen molar-refractivity contribution in [1.82, 2.24) is 10.2 Å². The van der Waals surface area contributed by atoms with Crippen LogP contribution < -0.4 is 10.6 Å². The zero-order chi connectivity index (χ0) is 30.3. The van der Waals surface area contributed by atoms with Crippen molar-refractivity contribution in [3.05, 3.63) is 95.1 Å². The van der Waals surface area contributed by atoms with Gasteiger partial charge >= 0.3 is 6.09 Å². The number of amides is 3. The van der Waals surface area contributed by atoms with E-state index in [1.165, 1.54) is 17.0 Å². The molecule has 3 aromatic carbocycles. The fourth-order valence-electron chi connectivity index (χ4n) is 4.70. The number of aryl methyl sites for hydroxylation is 2. The van der Waals surface area contributed by atoms with Crippen LogP contribution >= 0.6 is 0 Å². The summed E-state index contributed by atoms with van der Waals surface area (Å²) in [4.78, 5) is 42.8. The summed E-state index contributed by atoms with van der Waals surface area (Å²) in [5, 5.41) is 16.1. The van der Waals surface area contributed by atoms with Gasteiger partial charge in [-0.1, -0.05) is 60.7 Å². The molecule has 0 aliphatic rings. The number of phenolic OH excluding ortho intramolecular Hbond substituents is 1. The number of hydrogen-bond donors (Lipinski definition) is 3. The molecule has 0 saturated carbocycles. The van der Waals surface area contributed by atoms with Crippen LogP contribution in [0.25, 0.3) is 0 Å². The predicted octanol–water partition coefficient (Wildman–Crippen LogP) is 6.06. The lowest BCUT2D eigenvalue weighted by atomic mass is 9.98. The Morgan fingerprint density at radius 3 is 2.07 bits per heavy atom. The summed E-state index contributed by atoms with van der Waals surface area (Å²) >= 11 is 0. The molecule has 2 unspecified atom stereocenters. The first-order valence-corrected chi connectivity index (χ1v) is 13.8. The topological polar surface area (TPSA) is 108 Å². The maximum atomic E-state index is 14.4. The molecule has 3 aromatic rings. The SMILES string of the molecule is Cc1cccc(C)c1NC(=O)C(c1cccc(O)c1)N(C(=O)C(Cc1ccccc1)NC(=O)OC(C)(C)C)C(C)C. The Morgan fingerprint density at radius 2 is 1.51 bits per heavy atom. The summed E-state index contributed by atoms with van der Waals surface area (Å²) in [5.41, 5.74) is 2.92. The lowest BCUT2D eigenvalue weighted by Crippen LogP contribution is -2.55. The van der Waals surface area contributed by atoms with Crippen LogP contribution in [-0.2, 0) is 20.7 Å². The highest BCUT2D eigenvalue weighted by atomic mass is 16.6. The third-order valence-corrected chi connectivity index (χ3v) is 6.52. The second-order valence-corrected chi connectivity index (χ2v) is 11.5. The van der Waals surface area contributed by atoms with Gasteiger partial charge < -0.3 is 25.4 Å². The zero-order valence-corrected chi connectivity index (χ0v) is 24.9. The molecule has 0 bridgehead atoms. The summed E-state index contributed by atoms with van der Waals surface area (Å²) in [7, 11) is 0. The molecule has 0 saturated heterocycles. The molecule has 8 nitrogen and oxygen atoms in total. The number of benzene rings is 3. The van der Waals surface area contributed by atoms with Crippen LogP contribution in [0, 0.1) is 13.8 Å². The number of hydrogen-bond acceptors (Lipinski definition) is 5. The highest BCUT2D eigenvalue weighted by Gasteiger charge is 2.38. The molecule has 0 aliphatic carbocycles.